The van der Waals surface area contributed by atoms with Crippen LogP contribution in [0.25, 0.3) is 32.7 Å². The van der Waals surface area contributed by atoms with Crippen molar-refractivity contribution >= 4 is 33.5 Å². The Morgan fingerprint density at radius 1 is 0.529 bits per heavy atom. The molecule has 4 nitrogen and oxygen atoms in total. The molecular weight excluding hydrogens is 424 g/mol. The van der Waals surface area contributed by atoms with Gasteiger partial charge >= 0.3 is 11.9 Å². The smallest absolute Gasteiger partial charge is 0.311 e. The van der Waals surface area contributed by atoms with Crippen LogP contribution in [0.2, 0.25) is 0 Å². The van der Waals surface area contributed by atoms with Crippen molar-refractivity contribution in [1.29, 1.82) is 0 Å². The Bertz CT molecular complexity index is 1290. The average molecular weight is 451 g/mol. The lowest BCUT2D eigenvalue weighted by Gasteiger charge is -2.18. The molecule has 4 heteroatoms. The molecule has 0 bridgehead atoms. The van der Waals surface area contributed by atoms with Gasteiger partial charge in [-0.1, -0.05) is 72.8 Å². The Morgan fingerprint density at radius 2 is 0.971 bits per heavy atom. The quantitative estimate of drug-likeness (QED) is 0.159. The van der Waals surface area contributed by atoms with Gasteiger partial charge in [0.2, 0.25) is 0 Å². The van der Waals surface area contributed by atoms with Crippen LogP contribution in [0.3, 0.4) is 0 Å². The van der Waals surface area contributed by atoms with E-state index in [1.165, 1.54) is 0 Å². The summed E-state index contributed by atoms with van der Waals surface area (Å²) < 4.78 is 11.9. The zero-order valence-corrected chi connectivity index (χ0v) is 19.0. The van der Waals surface area contributed by atoms with Gasteiger partial charge in [0, 0.05) is 24.0 Å². The highest BCUT2D eigenvalue weighted by molar-refractivity contribution is 6.10. The Labute approximate surface area is 198 Å². The Hall–Kier alpha value is -3.92. The molecule has 0 saturated heterocycles. The van der Waals surface area contributed by atoms with Crippen LogP contribution in [0.4, 0.5) is 0 Å². The second kappa shape index (κ2) is 9.92. The molecule has 0 atom stereocenters. The summed E-state index contributed by atoms with van der Waals surface area (Å²) in [5.74, 6) is 0.409. The van der Waals surface area contributed by atoms with Crippen molar-refractivity contribution in [3.63, 3.8) is 0 Å². The SMILES string of the molecule is O=C1CCC/C=C\CCCC(=O)Oc2ccc3ccccc3c2-c2c(ccc3ccccc23)O1. The number of esters is 2. The molecule has 5 rings (SSSR count). The minimum atomic E-state index is -0.268. The lowest BCUT2D eigenvalue weighted by atomic mass is 9.92. The molecule has 34 heavy (non-hydrogen) atoms. The van der Waals surface area contributed by atoms with Crippen molar-refractivity contribution < 1.29 is 19.1 Å². The Kier molecular flexibility index (Phi) is 6.39. The van der Waals surface area contributed by atoms with Crippen LogP contribution < -0.4 is 9.47 Å². The topological polar surface area (TPSA) is 52.6 Å². The van der Waals surface area contributed by atoms with Gasteiger partial charge in [0.15, 0.2) is 0 Å². The summed E-state index contributed by atoms with van der Waals surface area (Å²) in [6.45, 7) is 0. The van der Waals surface area contributed by atoms with Gasteiger partial charge in [0.25, 0.3) is 0 Å². The monoisotopic (exact) mass is 450 g/mol. The number of carbonyl (C=O) groups excluding carboxylic acids is 2. The molecule has 0 amide bonds. The fraction of sp³-hybridized carbons (Fsp3) is 0.200. The second-order valence-corrected chi connectivity index (χ2v) is 8.52. The molecular formula is C30H26O4. The first-order valence-corrected chi connectivity index (χ1v) is 11.8. The zero-order valence-electron chi connectivity index (χ0n) is 19.0. The first-order chi connectivity index (χ1) is 16.7. The summed E-state index contributed by atoms with van der Waals surface area (Å²) >= 11 is 0. The molecule has 0 fully saturated rings. The maximum Gasteiger partial charge on any atom is 0.311 e. The lowest BCUT2D eigenvalue weighted by Crippen LogP contribution is -2.10. The first-order valence-electron chi connectivity index (χ1n) is 11.8. The Balaban J connectivity index is 1.76. The van der Waals surface area contributed by atoms with E-state index in [0.29, 0.717) is 24.3 Å². The van der Waals surface area contributed by atoms with Crippen molar-refractivity contribution in [2.24, 2.45) is 0 Å². The van der Waals surface area contributed by atoms with Gasteiger partial charge in [-0.25, -0.2) is 0 Å². The maximum atomic E-state index is 12.8. The summed E-state index contributed by atoms with van der Waals surface area (Å²) in [5, 5.41) is 3.90. The van der Waals surface area contributed by atoms with Gasteiger partial charge in [-0.3, -0.25) is 9.59 Å². The number of benzene rings is 4. The highest BCUT2D eigenvalue weighted by Crippen LogP contribution is 2.45. The molecule has 0 unspecified atom stereocenters. The van der Waals surface area contributed by atoms with E-state index in [1.807, 2.05) is 72.8 Å². The summed E-state index contributed by atoms with van der Waals surface area (Å²) in [7, 11) is 0. The number of ether oxygens (including phenoxy) is 2. The highest BCUT2D eigenvalue weighted by Gasteiger charge is 2.21. The molecule has 0 aromatic heterocycles. The van der Waals surface area contributed by atoms with Gasteiger partial charge in [-0.15, -0.1) is 0 Å². The lowest BCUT2D eigenvalue weighted by molar-refractivity contribution is -0.135. The fourth-order valence-electron chi connectivity index (χ4n) is 4.50. The predicted molar refractivity (Wildman–Crippen MR) is 135 cm³/mol. The molecule has 0 N–H and O–H groups in total. The fourth-order valence-corrected chi connectivity index (χ4v) is 4.50. The van der Waals surface area contributed by atoms with Gasteiger partial charge in [0.1, 0.15) is 11.5 Å². The number of allylic oxidation sites excluding steroid dienone is 2. The minimum absolute atomic E-state index is 0.268. The molecule has 1 aliphatic rings. The number of hydrogen-bond donors (Lipinski definition) is 0. The number of rotatable bonds is 0. The van der Waals surface area contributed by atoms with E-state index in [4.69, 9.17) is 9.47 Å². The molecule has 0 spiro atoms. The van der Waals surface area contributed by atoms with Gasteiger partial charge in [-0.2, -0.15) is 0 Å². The second-order valence-electron chi connectivity index (χ2n) is 8.52. The number of fused-ring (bicyclic) bond motifs is 7. The van der Waals surface area contributed by atoms with E-state index < -0.39 is 0 Å². The number of carbonyl (C=O) groups is 2. The normalized spacial score (nSPS) is 16.4. The van der Waals surface area contributed by atoms with Gasteiger partial charge < -0.3 is 9.47 Å². The van der Waals surface area contributed by atoms with Crippen molar-refractivity contribution in [3.8, 4) is 22.6 Å². The Morgan fingerprint density at radius 3 is 1.44 bits per heavy atom. The summed E-state index contributed by atoms with van der Waals surface area (Å²) in [6, 6.07) is 23.6. The molecule has 0 aliphatic carbocycles. The van der Waals surface area contributed by atoms with E-state index >= 15 is 0 Å². The highest BCUT2D eigenvalue weighted by atomic mass is 16.5. The third-order valence-corrected chi connectivity index (χ3v) is 6.15. The largest absolute Gasteiger partial charge is 0.426 e. The van der Waals surface area contributed by atoms with Gasteiger partial charge in [0.05, 0.1) is 0 Å². The van der Waals surface area contributed by atoms with Crippen LogP contribution >= 0.6 is 0 Å². The maximum absolute atomic E-state index is 12.8. The van der Waals surface area contributed by atoms with Crippen LogP contribution in [0, 0.1) is 0 Å². The third kappa shape index (κ3) is 4.58. The average Bonchev–Trinajstić information content (AvgIpc) is 2.85. The van der Waals surface area contributed by atoms with E-state index in [0.717, 1.165) is 58.4 Å². The molecule has 4 aromatic carbocycles. The predicted octanol–water partition coefficient (Wildman–Crippen LogP) is 7.38. The minimum Gasteiger partial charge on any atom is -0.426 e. The molecule has 4 aromatic rings. The van der Waals surface area contributed by atoms with E-state index in [1.54, 1.807) is 0 Å². The van der Waals surface area contributed by atoms with E-state index in [2.05, 4.69) is 12.2 Å². The van der Waals surface area contributed by atoms with Crippen LogP contribution in [0.15, 0.2) is 84.9 Å². The summed E-state index contributed by atoms with van der Waals surface area (Å²) in [4.78, 5) is 25.5. The van der Waals surface area contributed by atoms with Crippen molar-refractivity contribution in [3.05, 3.63) is 84.9 Å². The van der Waals surface area contributed by atoms with Crippen molar-refractivity contribution in [1.82, 2.24) is 0 Å². The molecule has 0 radical (unpaired) electrons. The van der Waals surface area contributed by atoms with Crippen molar-refractivity contribution in [2.75, 3.05) is 0 Å². The molecule has 0 saturated carbocycles. The molecule has 170 valence electrons. The molecule has 1 aliphatic heterocycles. The van der Waals surface area contributed by atoms with Gasteiger partial charge in [-0.05, 0) is 59.4 Å². The van der Waals surface area contributed by atoms with Crippen LogP contribution in [-0.2, 0) is 9.59 Å². The summed E-state index contributed by atoms with van der Waals surface area (Å²) in [6.07, 6.45) is 7.86. The van der Waals surface area contributed by atoms with E-state index in [-0.39, 0.29) is 11.9 Å². The molecule has 1 heterocycles. The zero-order chi connectivity index (χ0) is 23.3. The summed E-state index contributed by atoms with van der Waals surface area (Å²) in [5.41, 5.74) is 1.52. The van der Waals surface area contributed by atoms with Crippen LogP contribution in [0.1, 0.15) is 38.5 Å². The third-order valence-electron chi connectivity index (χ3n) is 6.15. The van der Waals surface area contributed by atoms with E-state index in [9.17, 15) is 9.59 Å². The van der Waals surface area contributed by atoms with Crippen LogP contribution in [0.5, 0.6) is 11.5 Å². The van der Waals surface area contributed by atoms with Crippen molar-refractivity contribution in [2.45, 2.75) is 38.5 Å². The number of hydrogen-bond acceptors (Lipinski definition) is 4. The standard InChI is InChI=1S/C30H26O4/c31-27-15-5-3-1-2-4-6-16-28(32)34-26-20-18-22-12-8-10-14-24(22)30(26)29-23-13-9-7-11-21(23)17-19-25(29)33-27/h1-2,7-14,17-20H,3-6,15-16H2/b2-1-. The van der Waals surface area contributed by atoms with Crippen LogP contribution in [-0.4, -0.2) is 11.9 Å². The first kappa shape index (κ1) is 21.9.